The van der Waals surface area contributed by atoms with Gasteiger partial charge in [-0.15, -0.1) is 0 Å². The first-order valence-electron chi connectivity index (χ1n) is 20.1. The van der Waals surface area contributed by atoms with Gasteiger partial charge < -0.3 is 44.6 Å². The Morgan fingerprint density at radius 1 is 0.797 bits per heavy atom. The first-order valence-corrected chi connectivity index (χ1v) is 20.5. The van der Waals surface area contributed by atoms with Crippen LogP contribution in [0.4, 0.5) is 9.59 Å². The van der Waals surface area contributed by atoms with E-state index < -0.39 is 24.3 Å². The summed E-state index contributed by atoms with van der Waals surface area (Å²) in [7, 11) is 2.56. The summed E-state index contributed by atoms with van der Waals surface area (Å²) in [5.41, 5.74) is 6.04. The number of likely N-dealkylation sites (tertiary alicyclic amines) is 2. The first kappa shape index (κ1) is 40.0. The van der Waals surface area contributed by atoms with Gasteiger partial charge in [-0.1, -0.05) is 57.5 Å². The van der Waals surface area contributed by atoms with Crippen molar-refractivity contribution in [2.45, 2.75) is 84.2 Å². The predicted molar refractivity (Wildman–Crippen MR) is 222 cm³/mol. The monoisotopic (exact) mass is 824 g/mol. The Labute approximate surface area is 346 Å². The number of methoxy groups -OCH3 is 2. The summed E-state index contributed by atoms with van der Waals surface area (Å²) < 4.78 is 16.0. The zero-order chi connectivity index (χ0) is 41.7. The number of alkyl carbamates (subject to hydrolysis) is 2. The summed E-state index contributed by atoms with van der Waals surface area (Å²) in [6.07, 6.45) is 1.79. The van der Waals surface area contributed by atoms with Crippen molar-refractivity contribution in [3.63, 3.8) is 0 Å². The molecular formula is C43H49ClN8O7. The van der Waals surface area contributed by atoms with E-state index in [9.17, 15) is 19.2 Å². The summed E-state index contributed by atoms with van der Waals surface area (Å²) in [6, 6.07) is 12.3. The van der Waals surface area contributed by atoms with E-state index in [1.807, 2.05) is 56.9 Å². The minimum Gasteiger partial charge on any atom is -0.488 e. The molecule has 2 saturated heterocycles. The molecule has 5 heterocycles. The molecule has 0 aliphatic carbocycles. The van der Waals surface area contributed by atoms with Crippen molar-refractivity contribution in [3.8, 4) is 28.1 Å². The van der Waals surface area contributed by atoms with Crippen LogP contribution in [0.15, 0.2) is 42.5 Å². The van der Waals surface area contributed by atoms with E-state index in [0.29, 0.717) is 48.6 Å². The minimum atomic E-state index is -0.738. The van der Waals surface area contributed by atoms with E-state index in [0.717, 1.165) is 69.1 Å². The van der Waals surface area contributed by atoms with Gasteiger partial charge in [-0.25, -0.2) is 19.6 Å². The number of rotatable bonds is 9. The Balaban J connectivity index is 1.05. The number of carbonyl (C=O) groups is 4. The number of hydrogen-bond donors (Lipinski definition) is 4. The maximum absolute atomic E-state index is 13.8. The van der Waals surface area contributed by atoms with Gasteiger partial charge in [0.15, 0.2) is 0 Å². The molecule has 310 valence electrons. The quantitative estimate of drug-likeness (QED) is 0.118. The number of aromatic nitrogens is 4. The minimum absolute atomic E-state index is 0.129. The number of carbonyl (C=O) groups excluding carboxylic acids is 4. The van der Waals surface area contributed by atoms with E-state index in [-0.39, 0.29) is 35.7 Å². The van der Waals surface area contributed by atoms with Crippen molar-refractivity contribution >= 4 is 57.4 Å². The number of hydrogen-bond acceptors (Lipinski definition) is 9. The molecule has 4 atom stereocenters. The Morgan fingerprint density at radius 3 is 2.00 bits per heavy atom. The summed E-state index contributed by atoms with van der Waals surface area (Å²) in [6.45, 7) is 9.01. The van der Waals surface area contributed by atoms with Gasteiger partial charge in [-0.05, 0) is 78.3 Å². The zero-order valence-corrected chi connectivity index (χ0v) is 34.7. The maximum Gasteiger partial charge on any atom is 0.407 e. The lowest BCUT2D eigenvalue weighted by atomic mass is 9.92. The van der Waals surface area contributed by atoms with Gasteiger partial charge in [-0.2, -0.15) is 0 Å². The first-order chi connectivity index (χ1) is 28.4. The number of fused-ring (bicyclic) bond motifs is 6. The third-order valence-electron chi connectivity index (χ3n) is 11.8. The third kappa shape index (κ3) is 7.40. The molecule has 3 aliphatic rings. The Kier molecular flexibility index (Phi) is 10.9. The second-order valence-electron chi connectivity index (χ2n) is 16.2. The summed E-state index contributed by atoms with van der Waals surface area (Å²) in [4.78, 5) is 71.8. The molecule has 15 nitrogen and oxygen atoms in total. The van der Waals surface area contributed by atoms with Crippen molar-refractivity contribution in [1.29, 1.82) is 0 Å². The SMILES string of the molecule is COC(=O)N[C@H](C(=O)N1CCC[C@H]1c1nc(-c2ccc3c(c2)COc2cc4c(ccc5[nH]c([C@@H]6CCCN6C(=O)[C@@H](NC(=O)OC)C(C)C)nc54)cc2-3)c(Cl)[nH]1)C(C)C. The predicted octanol–water partition coefficient (Wildman–Crippen LogP) is 7.41. The number of amides is 4. The van der Waals surface area contributed by atoms with Crippen molar-refractivity contribution < 1.29 is 33.4 Å². The molecule has 3 aliphatic heterocycles. The smallest absolute Gasteiger partial charge is 0.407 e. The summed E-state index contributed by atoms with van der Waals surface area (Å²) in [5.74, 6) is 1.43. The van der Waals surface area contributed by atoms with Gasteiger partial charge in [0.1, 0.15) is 46.9 Å². The van der Waals surface area contributed by atoms with Crippen LogP contribution >= 0.6 is 11.6 Å². The molecule has 3 aromatic carbocycles. The van der Waals surface area contributed by atoms with Crippen LogP contribution in [-0.4, -0.2) is 93.1 Å². The molecular weight excluding hydrogens is 776 g/mol. The molecule has 0 saturated carbocycles. The van der Waals surface area contributed by atoms with Crippen LogP contribution in [0.3, 0.4) is 0 Å². The number of ether oxygens (including phenoxy) is 3. The fourth-order valence-corrected chi connectivity index (χ4v) is 8.96. The van der Waals surface area contributed by atoms with Crippen molar-refractivity contribution in [3.05, 3.63) is 64.8 Å². The largest absolute Gasteiger partial charge is 0.488 e. The van der Waals surface area contributed by atoms with E-state index in [2.05, 4.69) is 38.8 Å². The molecule has 8 rings (SSSR count). The lowest BCUT2D eigenvalue weighted by Gasteiger charge is -2.29. The second kappa shape index (κ2) is 16.1. The molecule has 5 aromatic rings. The van der Waals surface area contributed by atoms with Crippen LogP contribution in [0.5, 0.6) is 5.75 Å². The van der Waals surface area contributed by atoms with Gasteiger partial charge >= 0.3 is 12.2 Å². The van der Waals surface area contributed by atoms with Gasteiger partial charge in [0, 0.05) is 29.6 Å². The van der Waals surface area contributed by atoms with Gasteiger partial charge in [0.05, 0.1) is 37.3 Å². The van der Waals surface area contributed by atoms with Crippen molar-refractivity contribution in [2.75, 3.05) is 27.3 Å². The fraction of sp³-hybridized carbons (Fsp3) is 0.442. The van der Waals surface area contributed by atoms with E-state index in [4.69, 9.17) is 35.8 Å². The normalized spacial score (nSPS) is 18.5. The van der Waals surface area contributed by atoms with Gasteiger partial charge in [0.2, 0.25) is 11.8 Å². The van der Waals surface area contributed by atoms with Crippen LogP contribution in [0.1, 0.15) is 82.7 Å². The molecule has 4 N–H and O–H groups in total. The highest BCUT2D eigenvalue weighted by atomic mass is 35.5. The molecule has 0 bridgehead atoms. The number of halogens is 1. The highest BCUT2D eigenvalue weighted by Crippen LogP contribution is 2.44. The van der Waals surface area contributed by atoms with Crippen LogP contribution in [0, 0.1) is 11.8 Å². The van der Waals surface area contributed by atoms with Gasteiger partial charge in [-0.3, -0.25) is 9.59 Å². The summed E-state index contributed by atoms with van der Waals surface area (Å²) in [5, 5.41) is 7.70. The number of imidazole rings is 2. The molecule has 4 amide bonds. The highest BCUT2D eigenvalue weighted by molar-refractivity contribution is 6.32. The molecule has 0 radical (unpaired) electrons. The van der Waals surface area contributed by atoms with Crippen LogP contribution in [0.25, 0.3) is 44.2 Å². The lowest BCUT2D eigenvalue weighted by molar-refractivity contribution is -0.136. The van der Waals surface area contributed by atoms with E-state index >= 15 is 0 Å². The van der Waals surface area contributed by atoms with Crippen molar-refractivity contribution in [1.82, 2.24) is 40.4 Å². The van der Waals surface area contributed by atoms with Crippen molar-refractivity contribution in [2.24, 2.45) is 11.8 Å². The standard InChI is InChI=1S/C43H49ClN8O7/c1-21(2)33(48-42(55)57-5)40(53)51-15-7-9-30(51)38-45-29-14-12-23-18-28-26-13-11-24(17-25(26)20-59-32(28)19-27(23)36(29)47-38)35-37(44)50-39(46-35)31-10-8-16-52(31)41(54)34(22(3)4)49-43(56)58-6/h11-14,17-19,21-22,30-31,33-34H,7-10,15-16,20H2,1-6H3,(H,45,47)(H,46,50)(H,48,55)(H,49,56)/t30-,31-,33-,34-/m0/s1. The molecule has 0 spiro atoms. The Morgan fingerprint density at radius 2 is 1.41 bits per heavy atom. The number of nitrogens with zero attached hydrogens (tertiary/aromatic N) is 4. The maximum atomic E-state index is 13.8. The topological polar surface area (TPSA) is 184 Å². The van der Waals surface area contributed by atoms with Crippen LogP contribution in [0.2, 0.25) is 5.15 Å². The number of nitrogens with one attached hydrogen (secondary N) is 4. The lowest BCUT2D eigenvalue weighted by Crippen LogP contribution is -2.51. The number of benzene rings is 3. The Bertz CT molecular complexity index is 2460. The summed E-state index contributed by atoms with van der Waals surface area (Å²) >= 11 is 6.81. The molecule has 2 aromatic heterocycles. The fourth-order valence-electron chi connectivity index (χ4n) is 8.71. The number of H-pyrrole nitrogens is 2. The highest BCUT2D eigenvalue weighted by Gasteiger charge is 2.39. The van der Waals surface area contributed by atoms with Crippen LogP contribution in [-0.2, 0) is 25.7 Å². The van der Waals surface area contributed by atoms with E-state index in [1.165, 1.54) is 14.2 Å². The molecule has 2 fully saturated rings. The second-order valence-corrected chi connectivity index (χ2v) is 16.6. The molecule has 59 heavy (non-hydrogen) atoms. The number of aromatic amines is 2. The van der Waals surface area contributed by atoms with Crippen LogP contribution < -0.4 is 15.4 Å². The zero-order valence-electron chi connectivity index (χ0n) is 34.0. The third-order valence-corrected chi connectivity index (χ3v) is 12.1. The Hall–Kier alpha value is -5.83. The molecule has 16 heteroatoms. The van der Waals surface area contributed by atoms with Gasteiger partial charge in [0.25, 0.3) is 0 Å². The molecule has 0 unspecified atom stereocenters. The average Bonchev–Trinajstić information content (AvgIpc) is 4.06. The average molecular weight is 825 g/mol. The van der Waals surface area contributed by atoms with E-state index in [1.54, 1.807) is 4.90 Å².